The van der Waals surface area contributed by atoms with Crippen LogP contribution in [-0.2, 0) is 0 Å². The third-order valence-electron chi connectivity index (χ3n) is 5.60. The highest BCUT2D eigenvalue weighted by molar-refractivity contribution is 5.42. The topological polar surface area (TPSA) is 48.0 Å². The van der Waals surface area contributed by atoms with Crippen LogP contribution in [0.2, 0.25) is 0 Å². The molecule has 2 saturated heterocycles. The molecule has 2 aliphatic rings. The summed E-state index contributed by atoms with van der Waals surface area (Å²) in [6, 6.07) is 6.69. The van der Waals surface area contributed by atoms with Crippen LogP contribution in [0.5, 0.6) is 11.5 Å². The third-order valence-corrected chi connectivity index (χ3v) is 5.60. The van der Waals surface area contributed by atoms with Crippen molar-refractivity contribution in [1.29, 1.82) is 0 Å². The zero-order valence-electron chi connectivity index (χ0n) is 15.9. The molecule has 1 aromatic rings. The van der Waals surface area contributed by atoms with Crippen molar-refractivity contribution >= 4 is 0 Å². The van der Waals surface area contributed by atoms with Crippen molar-refractivity contribution in [3.8, 4) is 11.5 Å². The van der Waals surface area contributed by atoms with Gasteiger partial charge in [0.2, 0.25) is 0 Å². The van der Waals surface area contributed by atoms with E-state index in [0.717, 1.165) is 32.1 Å². The maximum Gasteiger partial charge on any atom is 0.160 e. The Morgan fingerprint density at radius 1 is 1.28 bits per heavy atom. The highest BCUT2D eigenvalue weighted by atomic mass is 16.5. The fourth-order valence-electron chi connectivity index (χ4n) is 4.28. The predicted molar refractivity (Wildman–Crippen MR) is 101 cm³/mol. The van der Waals surface area contributed by atoms with Gasteiger partial charge >= 0.3 is 0 Å². The Labute approximate surface area is 152 Å². The Morgan fingerprint density at radius 3 is 2.84 bits per heavy atom. The average molecular weight is 348 g/mol. The molecule has 2 N–H and O–H groups in total. The van der Waals surface area contributed by atoms with E-state index in [1.165, 1.54) is 31.5 Å². The van der Waals surface area contributed by atoms with E-state index in [4.69, 9.17) is 4.74 Å². The maximum atomic E-state index is 9.97. The second-order valence-electron chi connectivity index (χ2n) is 7.80. The molecule has 25 heavy (non-hydrogen) atoms. The molecular weight excluding hydrogens is 314 g/mol. The highest BCUT2D eigenvalue weighted by Gasteiger charge is 2.28. The normalized spacial score (nSPS) is 27.2. The second kappa shape index (κ2) is 8.39. The average Bonchev–Trinajstić information content (AvgIpc) is 2.60. The van der Waals surface area contributed by atoms with Crippen LogP contribution in [0.25, 0.3) is 0 Å². The summed E-state index contributed by atoms with van der Waals surface area (Å²) in [5, 5.41) is 13.5. The molecule has 0 spiro atoms. The second-order valence-corrected chi connectivity index (χ2v) is 7.80. The summed E-state index contributed by atoms with van der Waals surface area (Å²) in [6.45, 7) is 11.2. The van der Waals surface area contributed by atoms with Crippen LogP contribution in [0.4, 0.5) is 0 Å². The van der Waals surface area contributed by atoms with E-state index < -0.39 is 0 Å². The molecule has 3 unspecified atom stereocenters. The quantitative estimate of drug-likeness (QED) is 0.857. The zero-order valence-corrected chi connectivity index (χ0v) is 15.9. The van der Waals surface area contributed by atoms with E-state index in [2.05, 4.69) is 35.0 Å². The van der Waals surface area contributed by atoms with Crippen molar-refractivity contribution in [2.75, 3.05) is 46.4 Å². The highest BCUT2D eigenvalue weighted by Crippen LogP contribution is 2.32. The van der Waals surface area contributed by atoms with E-state index in [-0.39, 0.29) is 5.75 Å². The molecular formula is C20H33N3O2. The lowest BCUT2D eigenvalue weighted by atomic mass is 9.97. The van der Waals surface area contributed by atoms with Gasteiger partial charge in [0.1, 0.15) is 0 Å². The first-order valence-electron chi connectivity index (χ1n) is 9.63. The molecule has 0 aliphatic carbocycles. The fraction of sp³-hybridized carbons (Fsp3) is 0.700. The first-order chi connectivity index (χ1) is 12.1. The summed E-state index contributed by atoms with van der Waals surface area (Å²) >= 11 is 0. The Kier molecular flexibility index (Phi) is 6.20. The summed E-state index contributed by atoms with van der Waals surface area (Å²) in [4.78, 5) is 5.21. The minimum Gasteiger partial charge on any atom is -0.504 e. The minimum atomic E-state index is 0.213. The van der Waals surface area contributed by atoms with Crippen LogP contribution in [0.3, 0.4) is 0 Å². The van der Waals surface area contributed by atoms with Gasteiger partial charge in [0.25, 0.3) is 0 Å². The van der Waals surface area contributed by atoms with Crippen LogP contribution >= 0.6 is 0 Å². The van der Waals surface area contributed by atoms with Gasteiger partial charge < -0.3 is 20.1 Å². The van der Waals surface area contributed by atoms with Crippen molar-refractivity contribution in [1.82, 2.24) is 15.1 Å². The summed E-state index contributed by atoms with van der Waals surface area (Å²) in [5.74, 6) is 1.56. The minimum absolute atomic E-state index is 0.213. The van der Waals surface area contributed by atoms with E-state index in [1.54, 1.807) is 13.2 Å². The Morgan fingerprint density at radius 2 is 2.12 bits per heavy atom. The molecule has 140 valence electrons. The number of methoxy groups -OCH3 is 1. The number of nitrogens with one attached hydrogen (secondary N) is 1. The number of likely N-dealkylation sites (tertiary alicyclic amines) is 1. The molecule has 0 aromatic heterocycles. The number of hydrogen-bond acceptors (Lipinski definition) is 5. The molecule has 0 radical (unpaired) electrons. The van der Waals surface area contributed by atoms with E-state index >= 15 is 0 Å². The number of rotatable bonds is 5. The monoisotopic (exact) mass is 347 g/mol. The number of piperazine rings is 1. The predicted octanol–water partition coefficient (Wildman–Crippen LogP) is 2.47. The van der Waals surface area contributed by atoms with Gasteiger partial charge in [-0.2, -0.15) is 0 Å². The first kappa shape index (κ1) is 18.5. The SMILES string of the molecule is COc1cc(C(CN2CCCC(C)C2)N2CCNC(C)C2)ccc1O. The Hall–Kier alpha value is -1.30. The van der Waals surface area contributed by atoms with Crippen molar-refractivity contribution < 1.29 is 9.84 Å². The van der Waals surface area contributed by atoms with Crippen LogP contribution in [0.1, 0.15) is 38.3 Å². The number of aromatic hydroxyl groups is 1. The van der Waals surface area contributed by atoms with E-state index in [9.17, 15) is 5.11 Å². The van der Waals surface area contributed by atoms with Gasteiger partial charge in [0.05, 0.1) is 7.11 Å². The number of hydrogen-bond donors (Lipinski definition) is 2. The van der Waals surface area contributed by atoms with Gasteiger partial charge in [0, 0.05) is 44.8 Å². The van der Waals surface area contributed by atoms with E-state index in [1.807, 2.05) is 6.07 Å². The van der Waals surface area contributed by atoms with Gasteiger partial charge in [-0.1, -0.05) is 13.0 Å². The summed E-state index contributed by atoms with van der Waals surface area (Å²) < 4.78 is 5.36. The van der Waals surface area contributed by atoms with Gasteiger partial charge in [-0.05, 0) is 49.9 Å². The molecule has 2 fully saturated rings. The molecule has 2 heterocycles. The van der Waals surface area contributed by atoms with Crippen LogP contribution in [0, 0.1) is 5.92 Å². The third kappa shape index (κ3) is 4.66. The first-order valence-corrected chi connectivity index (χ1v) is 9.63. The largest absolute Gasteiger partial charge is 0.504 e. The number of ether oxygens (including phenoxy) is 1. The molecule has 5 nitrogen and oxygen atoms in total. The number of nitrogens with zero attached hydrogens (tertiary/aromatic N) is 2. The lowest BCUT2D eigenvalue weighted by molar-refractivity contribution is 0.0894. The molecule has 3 atom stereocenters. The number of phenolic OH excluding ortho intramolecular Hbond substituents is 1. The van der Waals surface area contributed by atoms with Gasteiger partial charge in [-0.15, -0.1) is 0 Å². The smallest absolute Gasteiger partial charge is 0.160 e. The zero-order chi connectivity index (χ0) is 17.8. The van der Waals surface area contributed by atoms with Crippen molar-refractivity contribution in [3.05, 3.63) is 23.8 Å². The molecule has 0 amide bonds. The number of benzene rings is 1. The van der Waals surface area contributed by atoms with Gasteiger partial charge in [0.15, 0.2) is 11.5 Å². The number of piperidine rings is 1. The molecule has 0 bridgehead atoms. The Balaban J connectivity index is 1.82. The molecule has 0 saturated carbocycles. The van der Waals surface area contributed by atoms with Crippen molar-refractivity contribution in [2.45, 2.75) is 38.8 Å². The van der Waals surface area contributed by atoms with Crippen LogP contribution in [0.15, 0.2) is 18.2 Å². The standard InChI is InChI=1S/C20H33N3O2/c1-15-5-4-9-22(12-15)14-18(23-10-8-21-16(2)13-23)17-6-7-19(24)20(11-17)25-3/h6-7,11,15-16,18,21,24H,4-5,8-10,12-14H2,1-3H3. The Bertz CT molecular complexity index is 566. The molecule has 3 rings (SSSR count). The molecule has 5 heteroatoms. The summed E-state index contributed by atoms with van der Waals surface area (Å²) in [5.41, 5.74) is 1.24. The fourth-order valence-corrected chi connectivity index (χ4v) is 4.28. The number of phenols is 1. The lowest BCUT2D eigenvalue weighted by Gasteiger charge is -2.41. The van der Waals surface area contributed by atoms with Crippen LogP contribution in [-0.4, -0.2) is 67.3 Å². The van der Waals surface area contributed by atoms with E-state index in [0.29, 0.717) is 17.8 Å². The summed E-state index contributed by atoms with van der Waals surface area (Å²) in [6.07, 6.45) is 2.64. The van der Waals surface area contributed by atoms with Crippen molar-refractivity contribution in [3.63, 3.8) is 0 Å². The van der Waals surface area contributed by atoms with Gasteiger partial charge in [-0.3, -0.25) is 4.90 Å². The molecule has 1 aromatic carbocycles. The van der Waals surface area contributed by atoms with Gasteiger partial charge in [-0.25, -0.2) is 0 Å². The maximum absolute atomic E-state index is 9.97. The van der Waals surface area contributed by atoms with Crippen molar-refractivity contribution in [2.24, 2.45) is 5.92 Å². The summed E-state index contributed by atoms with van der Waals surface area (Å²) in [7, 11) is 1.62. The molecule has 2 aliphatic heterocycles. The van der Waals surface area contributed by atoms with Crippen LogP contribution < -0.4 is 10.1 Å². The lowest BCUT2D eigenvalue weighted by Crippen LogP contribution is -2.52.